The zero-order valence-electron chi connectivity index (χ0n) is 15.4. The standard InChI is InChI=1S/C20H22FN5O2/c1-12(27)14-10-26-8-2-4-13-18(24-5-3-7-25-9-6-23-11-25)16(21)17(22)15(19(13)26)20(14)28/h6,9-11,24,27H,1-5,7-8,22H2. The molecule has 146 valence electrons. The molecular formula is C20H22FN5O2. The van der Waals surface area contributed by atoms with E-state index in [0.717, 1.165) is 24.9 Å². The van der Waals surface area contributed by atoms with Gasteiger partial charge < -0.3 is 25.3 Å². The summed E-state index contributed by atoms with van der Waals surface area (Å²) in [5.74, 6) is -0.958. The van der Waals surface area contributed by atoms with E-state index in [2.05, 4.69) is 16.9 Å². The summed E-state index contributed by atoms with van der Waals surface area (Å²) in [6.07, 6.45) is 9.15. The summed E-state index contributed by atoms with van der Waals surface area (Å²) in [6, 6.07) is 0. The van der Waals surface area contributed by atoms with Crippen LogP contribution in [0.25, 0.3) is 16.7 Å². The largest absolute Gasteiger partial charge is 0.508 e. The molecule has 2 aromatic heterocycles. The SMILES string of the molecule is C=C(O)c1cn2c3c(c(NCCCn4ccnc4)c(F)c(N)c3c1=O)CCC2. The molecule has 0 radical (unpaired) electrons. The quantitative estimate of drug-likeness (QED) is 0.345. The Hall–Kier alpha value is -3.29. The number of hydrogen-bond acceptors (Lipinski definition) is 5. The molecule has 0 amide bonds. The van der Waals surface area contributed by atoms with E-state index in [9.17, 15) is 9.90 Å². The van der Waals surface area contributed by atoms with E-state index in [1.807, 2.05) is 15.3 Å². The topological polar surface area (TPSA) is 98.1 Å². The fourth-order valence-electron chi connectivity index (χ4n) is 3.86. The van der Waals surface area contributed by atoms with Gasteiger partial charge in [0.1, 0.15) is 5.76 Å². The highest BCUT2D eigenvalue weighted by molar-refractivity contribution is 5.98. The van der Waals surface area contributed by atoms with Gasteiger partial charge in [-0.2, -0.15) is 0 Å². The lowest BCUT2D eigenvalue weighted by Gasteiger charge is -2.25. The number of nitrogens with two attached hydrogens (primary N) is 1. The molecule has 0 saturated heterocycles. The van der Waals surface area contributed by atoms with Gasteiger partial charge in [0.15, 0.2) is 5.82 Å². The van der Waals surface area contributed by atoms with E-state index in [-0.39, 0.29) is 22.4 Å². The fourth-order valence-corrected chi connectivity index (χ4v) is 3.86. The van der Waals surface area contributed by atoms with Gasteiger partial charge in [-0.05, 0) is 19.3 Å². The highest BCUT2D eigenvalue weighted by Crippen LogP contribution is 2.37. The molecule has 0 spiro atoms. The number of rotatable bonds is 6. The highest BCUT2D eigenvalue weighted by Gasteiger charge is 2.25. The monoisotopic (exact) mass is 383 g/mol. The Bertz CT molecular complexity index is 1120. The van der Waals surface area contributed by atoms with Crippen molar-refractivity contribution < 1.29 is 9.50 Å². The van der Waals surface area contributed by atoms with E-state index in [0.29, 0.717) is 30.7 Å². The Morgan fingerprint density at radius 2 is 2.29 bits per heavy atom. The average Bonchev–Trinajstić information content (AvgIpc) is 3.19. The van der Waals surface area contributed by atoms with Crippen molar-refractivity contribution >= 4 is 28.0 Å². The van der Waals surface area contributed by atoms with Crippen molar-refractivity contribution in [2.75, 3.05) is 17.6 Å². The summed E-state index contributed by atoms with van der Waals surface area (Å²) in [4.78, 5) is 16.8. The van der Waals surface area contributed by atoms with E-state index in [4.69, 9.17) is 5.73 Å². The molecule has 4 N–H and O–H groups in total. The number of aliphatic hydroxyl groups excluding tert-OH is 1. The summed E-state index contributed by atoms with van der Waals surface area (Å²) >= 11 is 0. The summed E-state index contributed by atoms with van der Waals surface area (Å²) in [6.45, 7) is 5.42. The number of halogens is 1. The number of benzene rings is 1. The number of aryl methyl sites for hydroxylation is 3. The van der Waals surface area contributed by atoms with Crippen LogP contribution in [0.4, 0.5) is 15.8 Å². The minimum absolute atomic E-state index is 0.0486. The predicted octanol–water partition coefficient (Wildman–Crippen LogP) is 2.90. The van der Waals surface area contributed by atoms with Crippen molar-refractivity contribution in [1.29, 1.82) is 0 Å². The van der Waals surface area contributed by atoms with Crippen molar-refractivity contribution in [2.45, 2.75) is 32.4 Å². The number of anilines is 2. The second-order valence-electron chi connectivity index (χ2n) is 7.00. The molecule has 0 unspecified atom stereocenters. The number of hydrogen-bond donors (Lipinski definition) is 3. The summed E-state index contributed by atoms with van der Waals surface area (Å²) in [5, 5.41) is 13.0. The van der Waals surface area contributed by atoms with Gasteiger partial charge in [-0.25, -0.2) is 9.37 Å². The van der Waals surface area contributed by atoms with Crippen LogP contribution in [-0.2, 0) is 19.5 Å². The normalized spacial score (nSPS) is 13.0. The molecule has 7 nitrogen and oxygen atoms in total. The Morgan fingerprint density at radius 1 is 1.46 bits per heavy atom. The zero-order valence-corrected chi connectivity index (χ0v) is 15.4. The molecule has 8 heteroatoms. The number of aliphatic hydroxyl groups is 1. The average molecular weight is 383 g/mol. The van der Waals surface area contributed by atoms with Crippen LogP contribution in [0.1, 0.15) is 24.0 Å². The van der Waals surface area contributed by atoms with Crippen LogP contribution in [0.2, 0.25) is 0 Å². The molecule has 3 aromatic rings. The Balaban J connectivity index is 1.75. The summed E-state index contributed by atoms with van der Waals surface area (Å²) in [5.41, 5.74) is 7.14. The van der Waals surface area contributed by atoms with Crippen LogP contribution >= 0.6 is 0 Å². The fraction of sp³-hybridized carbons (Fsp3) is 0.300. The first-order valence-corrected chi connectivity index (χ1v) is 9.24. The van der Waals surface area contributed by atoms with Crippen molar-refractivity contribution in [3.05, 3.63) is 58.7 Å². The smallest absolute Gasteiger partial charge is 0.202 e. The van der Waals surface area contributed by atoms with Crippen LogP contribution in [0.3, 0.4) is 0 Å². The zero-order chi connectivity index (χ0) is 19.8. The molecule has 0 fully saturated rings. The van der Waals surface area contributed by atoms with Gasteiger partial charge in [0.25, 0.3) is 0 Å². The molecule has 1 aromatic carbocycles. The van der Waals surface area contributed by atoms with E-state index in [1.54, 1.807) is 18.7 Å². The van der Waals surface area contributed by atoms with Crippen molar-refractivity contribution in [1.82, 2.24) is 14.1 Å². The lowest BCUT2D eigenvalue weighted by molar-refractivity contribution is 0.511. The third kappa shape index (κ3) is 2.90. The predicted molar refractivity (Wildman–Crippen MR) is 108 cm³/mol. The minimum atomic E-state index is -0.614. The first-order chi connectivity index (χ1) is 13.5. The summed E-state index contributed by atoms with van der Waals surface area (Å²) in [7, 11) is 0. The molecule has 0 aliphatic carbocycles. The van der Waals surface area contributed by atoms with Crippen molar-refractivity contribution in [2.24, 2.45) is 0 Å². The van der Waals surface area contributed by atoms with Crippen LogP contribution in [0, 0.1) is 5.82 Å². The molecule has 1 aliphatic heterocycles. The first-order valence-electron chi connectivity index (χ1n) is 9.24. The highest BCUT2D eigenvalue weighted by atomic mass is 19.1. The minimum Gasteiger partial charge on any atom is -0.508 e. The van der Waals surface area contributed by atoms with Crippen LogP contribution in [0.5, 0.6) is 0 Å². The van der Waals surface area contributed by atoms with Gasteiger partial charge in [0.05, 0.1) is 34.2 Å². The lowest BCUT2D eigenvalue weighted by Crippen LogP contribution is -2.22. The molecule has 4 rings (SSSR count). The molecule has 0 saturated carbocycles. The van der Waals surface area contributed by atoms with Gasteiger partial charge in [-0.1, -0.05) is 6.58 Å². The number of nitrogens with zero attached hydrogens (tertiary/aromatic N) is 3. The number of aromatic nitrogens is 3. The van der Waals surface area contributed by atoms with E-state index < -0.39 is 11.2 Å². The number of nitrogen functional groups attached to an aromatic ring is 1. The number of nitrogens with one attached hydrogen (secondary N) is 1. The second kappa shape index (κ2) is 7.03. The lowest BCUT2D eigenvalue weighted by atomic mass is 9.95. The second-order valence-corrected chi connectivity index (χ2v) is 7.00. The van der Waals surface area contributed by atoms with Gasteiger partial charge in [-0.3, -0.25) is 4.79 Å². The molecule has 3 heterocycles. The molecule has 0 atom stereocenters. The summed E-state index contributed by atoms with van der Waals surface area (Å²) < 4.78 is 18.9. The van der Waals surface area contributed by atoms with Gasteiger partial charge in [0.2, 0.25) is 5.43 Å². The molecular weight excluding hydrogens is 361 g/mol. The van der Waals surface area contributed by atoms with Crippen molar-refractivity contribution in [3.8, 4) is 0 Å². The third-order valence-electron chi connectivity index (χ3n) is 5.18. The van der Waals surface area contributed by atoms with Gasteiger partial charge in [-0.15, -0.1) is 0 Å². The third-order valence-corrected chi connectivity index (χ3v) is 5.18. The van der Waals surface area contributed by atoms with E-state index >= 15 is 4.39 Å². The van der Waals surface area contributed by atoms with Gasteiger partial charge in [0, 0.05) is 43.8 Å². The Kier molecular flexibility index (Phi) is 4.54. The molecule has 1 aliphatic rings. The maximum atomic E-state index is 15.1. The maximum absolute atomic E-state index is 15.1. The maximum Gasteiger partial charge on any atom is 0.202 e. The number of imidazole rings is 1. The molecule has 0 bridgehead atoms. The van der Waals surface area contributed by atoms with Crippen LogP contribution < -0.4 is 16.5 Å². The van der Waals surface area contributed by atoms with E-state index in [1.165, 1.54) is 0 Å². The Labute approximate surface area is 160 Å². The first kappa shape index (κ1) is 18.1. The Morgan fingerprint density at radius 3 is 3.00 bits per heavy atom. The van der Waals surface area contributed by atoms with Crippen LogP contribution in [-0.4, -0.2) is 25.8 Å². The van der Waals surface area contributed by atoms with Crippen LogP contribution in [0.15, 0.2) is 36.3 Å². The van der Waals surface area contributed by atoms with Crippen molar-refractivity contribution in [3.63, 3.8) is 0 Å². The number of pyridine rings is 1. The molecule has 28 heavy (non-hydrogen) atoms. The van der Waals surface area contributed by atoms with Gasteiger partial charge >= 0.3 is 0 Å².